The molecule has 0 unspecified atom stereocenters. The van der Waals surface area contributed by atoms with E-state index in [2.05, 4.69) is 32.7 Å². The molecule has 0 spiro atoms. The largest absolute Gasteiger partial charge is 0.348 e. The number of nitrogens with one attached hydrogen (secondary N) is 2. The fourth-order valence-electron chi connectivity index (χ4n) is 3.21. The van der Waals surface area contributed by atoms with E-state index in [4.69, 9.17) is 0 Å². The SMILES string of the molecule is CC(C)c1ccc(C(=O)N[C@@H]2CCCN(Cc3cccs3)C2)c(=O)[nH]1. The number of aromatic nitrogens is 1. The van der Waals surface area contributed by atoms with Crippen molar-refractivity contribution in [2.75, 3.05) is 13.1 Å². The summed E-state index contributed by atoms with van der Waals surface area (Å²) in [6.45, 7) is 6.82. The molecule has 0 saturated carbocycles. The maximum absolute atomic E-state index is 12.5. The van der Waals surface area contributed by atoms with Crippen LogP contribution in [0.25, 0.3) is 0 Å². The van der Waals surface area contributed by atoms with Gasteiger partial charge in [0.2, 0.25) is 0 Å². The Morgan fingerprint density at radius 1 is 1.40 bits per heavy atom. The van der Waals surface area contributed by atoms with Gasteiger partial charge in [0.15, 0.2) is 0 Å². The Kier molecular flexibility index (Phi) is 5.71. The van der Waals surface area contributed by atoms with Crippen molar-refractivity contribution in [2.45, 2.75) is 45.2 Å². The number of likely N-dealkylation sites (tertiary alicyclic amines) is 1. The van der Waals surface area contributed by atoms with Crippen molar-refractivity contribution in [3.8, 4) is 0 Å². The quantitative estimate of drug-likeness (QED) is 0.863. The first-order valence-electron chi connectivity index (χ1n) is 8.81. The maximum atomic E-state index is 12.5. The number of hydrogen-bond donors (Lipinski definition) is 2. The van der Waals surface area contributed by atoms with E-state index in [-0.39, 0.29) is 29.0 Å². The highest BCUT2D eigenvalue weighted by Crippen LogP contribution is 2.17. The number of pyridine rings is 1. The van der Waals surface area contributed by atoms with Gasteiger partial charge in [0.1, 0.15) is 5.56 Å². The summed E-state index contributed by atoms with van der Waals surface area (Å²) >= 11 is 1.76. The van der Waals surface area contributed by atoms with Crippen molar-refractivity contribution in [3.05, 3.63) is 56.1 Å². The normalized spacial score (nSPS) is 18.4. The number of rotatable bonds is 5. The molecule has 0 aliphatic carbocycles. The molecule has 2 aromatic rings. The van der Waals surface area contributed by atoms with Gasteiger partial charge in [-0.05, 0) is 48.9 Å². The van der Waals surface area contributed by atoms with Crippen LogP contribution < -0.4 is 10.9 Å². The topological polar surface area (TPSA) is 65.2 Å². The molecule has 5 nitrogen and oxygen atoms in total. The zero-order valence-corrected chi connectivity index (χ0v) is 15.6. The minimum absolute atomic E-state index is 0.0883. The average molecular weight is 359 g/mol. The molecule has 1 saturated heterocycles. The van der Waals surface area contributed by atoms with Gasteiger partial charge in [-0.3, -0.25) is 14.5 Å². The van der Waals surface area contributed by atoms with E-state index < -0.39 is 0 Å². The summed E-state index contributed by atoms with van der Waals surface area (Å²) in [5.74, 6) is -0.0477. The fourth-order valence-corrected chi connectivity index (χ4v) is 3.95. The molecule has 1 fully saturated rings. The van der Waals surface area contributed by atoms with E-state index in [1.165, 1.54) is 4.88 Å². The second-order valence-corrected chi connectivity index (χ2v) is 7.97. The predicted octanol–water partition coefficient (Wildman–Crippen LogP) is 2.95. The number of thiophene rings is 1. The van der Waals surface area contributed by atoms with Gasteiger partial charge in [-0.15, -0.1) is 11.3 Å². The van der Waals surface area contributed by atoms with Crippen LogP contribution in [0.2, 0.25) is 0 Å². The van der Waals surface area contributed by atoms with Crippen LogP contribution in [-0.4, -0.2) is 34.9 Å². The monoisotopic (exact) mass is 359 g/mol. The van der Waals surface area contributed by atoms with Gasteiger partial charge in [0.25, 0.3) is 11.5 Å². The second-order valence-electron chi connectivity index (χ2n) is 6.94. The Balaban J connectivity index is 1.61. The van der Waals surface area contributed by atoms with Crippen LogP contribution in [0.3, 0.4) is 0 Å². The first kappa shape index (κ1) is 17.9. The molecule has 1 aliphatic rings. The van der Waals surface area contributed by atoms with Gasteiger partial charge in [-0.2, -0.15) is 0 Å². The number of piperidine rings is 1. The molecule has 3 heterocycles. The maximum Gasteiger partial charge on any atom is 0.261 e. The summed E-state index contributed by atoms with van der Waals surface area (Å²) in [5.41, 5.74) is 0.732. The van der Waals surface area contributed by atoms with Crippen molar-refractivity contribution in [1.82, 2.24) is 15.2 Å². The lowest BCUT2D eigenvalue weighted by Crippen LogP contribution is -2.48. The Morgan fingerprint density at radius 2 is 2.24 bits per heavy atom. The third-order valence-electron chi connectivity index (χ3n) is 4.60. The summed E-state index contributed by atoms with van der Waals surface area (Å²) in [4.78, 5) is 31.2. The minimum atomic E-state index is -0.310. The van der Waals surface area contributed by atoms with Gasteiger partial charge in [-0.1, -0.05) is 19.9 Å². The molecule has 1 aliphatic heterocycles. The molecule has 3 rings (SSSR count). The Morgan fingerprint density at radius 3 is 2.92 bits per heavy atom. The van der Waals surface area contributed by atoms with Crippen LogP contribution in [0.1, 0.15) is 53.5 Å². The van der Waals surface area contributed by atoms with Crippen LogP contribution in [0.15, 0.2) is 34.4 Å². The highest BCUT2D eigenvalue weighted by Gasteiger charge is 2.23. The molecule has 1 atom stereocenters. The summed E-state index contributed by atoms with van der Waals surface area (Å²) in [7, 11) is 0. The number of nitrogens with zero attached hydrogens (tertiary/aromatic N) is 1. The standard InChI is InChI=1S/C19H25N3O2S/c1-13(2)17-8-7-16(19(24)21-17)18(23)20-14-5-3-9-22(11-14)12-15-6-4-10-25-15/h4,6-8,10,13-14H,3,5,9,11-12H2,1-2H3,(H,20,23)(H,21,24)/t14-/m1/s1. The zero-order valence-electron chi connectivity index (χ0n) is 14.7. The second kappa shape index (κ2) is 7.97. The van der Waals surface area contributed by atoms with Gasteiger partial charge < -0.3 is 10.3 Å². The molecule has 2 N–H and O–H groups in total. The number of H-pyrrole nitrogens is 1. The molecule has 134 valence electrons. The predicted molar refractivity (Wildman–Crippen MR) is 101 cm³/mol. The third kappa shape index (κ3) is 4.58. The Hall–Kier alpha value is -1.92. The molecule has 0 radical (unpaired) electrons. The lowest BCUT2D eigenvalue weighted by Gasteiger charge is -2.32. The van der Waals surface area contributed by atoms with E-state index in [1.807, 2.05) is 19.9 Å². The van der Waals surface area contributed by atoms with Gasteiger partial charge in [0, 0.05) is 29.7 Å². The summed E-state index contributed by atoms with van der Waals surface area (Å²) in [6.07, 6.45) is 2.01. The lowest BCUT2D eigenvalue weighted by molar-refractivity contribution is 0.0899. The fraction of sp³-hybridized carbons (Fsp3) is 0.474. The van der Waals surface area contributed by atoms with Gasteiger partial charge in [-0.25, -0.2) is 0 Å². The van der Waals surface area contributed by atoms with E-state index in [9.17, 15) is 9.59 Å². The first-order valence-corrected chi connectivity index (χ1v) is 9.69. The lowest BCUT2D eigenvalue weighted by atomic mass is 10.0. The van der Waals surface area contributed by atoms with Crippen LogP contribution >= 0.6 is 11.3 Å². The number of aromatic amines is 1. The molecule has 0 aromatic carbocycles. The first-order chi connectivity index (χ1) is 12.0. The van der Waals surface area contributed by atoms with Gasteiger partial charge >= 0.3 is 0 Å². The van der Waals surface area contributed by atoms with E-state index in [0.717, 1.165) is 38.2 Å². The summed E-state index contributed by atoms with van der Waals surface area (Å²) < 4.78 is 0. The Labute approximate surface area is 152 Å². The van der Waals surface area contributed by atoms with Crippen molar-refractivity contribution >= 4 is 17.2 Å². The number of amides is 1. The van der Waals surface area contributed by atoms with E-state index >= 15 is 0 Å². The number of carbonyl (C=O) groups is 1. The van der Waals surface area contributed by atoms with Crippen LogP contribution in [0, 0.1) is 0 Å². The number of hydrogen-bond acceptors (Lipinski definition) is 4. The van der Waals surface area contributed by atoms with Gasteiger partial charge in [0.05, 0.1) is 0 Å². The van der Waals surface area contributed by atoms with Crippen molar-refractivity contribution in [1.29, 1.82) is 0 Å². The molecule has 25 heavy (non-hydrogen) atoms. The molecule has 1 amide bonds. The molecule has 0 bridgehead atoms. The van der Waals surface area contributed by atoms with Crippen molar-refractivity contribution in [2.24, 2.45) is 0 Å². The third-order valence-corrected chi connectivity index (χ3v) is 5.46. The highest BCUT2D eigenvalue weighted by molar-refractivity contribution is 7.09. The smallest absolute Gasteiger partial charge is 0.261 e. The average Bonchev–Trinajstić information content (AvgIpc) is 3.07. The minimum Gasteiger partial charge on any atom is -0.348 e. The molecule has 2 aromatic heterocycles. The van der Waals surface area contributed by atoms with Crippen LogP contribution in [-0.2, 0) is 6.54 Å². The Bertz CT molecular complexity index is 767. The van der Waals surface area contributed by atoms with E-state index in [1.54, 1.807) is 17.4 Å². The van der Waals surface area contributed by atoms with Crippen molar-refractivity contribution < 1.29 is 4.79 Å². The zero-order chi connectivity index (χ0) is 17.8. The molecular weight excluding hydrogens is 334 g/mol. The molecule has 6 heteroatoms. The molecular formula is C19H25N3O2S. The number of carbonyl (C=O) groups excluding carboxylic acids is 1. The highest BCUT2D eigenvalue weighted by atomic mass is 32.1. The summed E-state index contributed by atoms with van der Waals surface area (Å²) in [5, 5.41) is 5.13. The van der Waals surface area contributed by atoms with Crippen LogP contribution in [0.4, 0.5) is 0 Å². The summed E-state index contributed by atoms with van der Waals surface area (Å²) in [6, 6.07) is 7.75. The van der Waals surface area contributed by atoms with Crippen LogP contribution in [0.5, 0.6) is 0 Å². The van der Waals surface area contributed by atoms with E-state index in [0.29, 0.717) is 0 Å². The van der Waals surface area contributed by atoms with Crippen molar-refractivity contribution in [3.63, 3.8) is 0 Å².